The van der Waals surface area contributed by atoms with E-state index in [1.807, 2.05) is 0 Å². The minimum absolute atomic E-state index is 0.0185. The maximum atomic E-state index is 12.1. The molecule has 2 unspecified atom stereocenters. The molecule has 0 aromatic heterocycles. The molecule has 0 radical (unpaired) electrons. The largest absolute Gasteiger partial charge is 0.355 e. The first-order chi connectivity index (χ1) is 13.8. The molecule has 2 saturated heterocycles. The Morgan fingerprint density at radius 2 is 1.48 bits per heavy atom. The summed E-state index contributed by atoms with van der Waals surface area (Å²) in [6.07, 6.45) is 3.34. The lowest BCUT2D eigenvalue weighted by Crippen LogP contribution is -2.49. The van der Waals surface area contributed by atoms with Crippen molar-refractivity contribution in [1.29, 1.82) is 0 Å². The third kappa shape index (κ3) is 7.12. The van der Waals surface area contributed by atoms with Gasteiger partial charge in [0.15, 0.2) is 0 Å². The van der Waals surface area contributed by atoms with E-state index in [-0.39, 0.29) is 50.6 Å². The van der Waals surface area contributed by atoms with E-state index in [1.54, 1.807) is 0 Å². The molecular formula is C19H30N4O6. The van der Waals surface area contributed by atoms with Gasteiger partial charge in [0.05, 0.1) is 13.0 Å². The van der Waals surface area contributed by atoms with Crippen molar-refractivity contribution in [1.82, 2.24) is 20.6 Å². The third-order valence-corrected chi connectivity index (χ3v) is 5.23. The molecule has 10 heteroatoms. The summed E-state index contributed by atoms with van der Waals surface area (Å²) >= 11 is 0. The molecule has 2 rings (SSSR count). The number of amides is 4. The smallest absolute Gasteiger partial charge is 0.334 e. The quantitative estimate of drug-likeness (QED) is 0.304. The first kappa shape index (κ1) is 22.8. The third-order valence-electron chi connectivity index (χ3n) is 5.23. The van der Waals surface area contributed by atoms with E-state index in [1.165, 1.54) is 6.42 Å². The van der Waals surface area contributed by atoms with E-state index in [9.17, 15) is 24.0 Å². The van der Waals surface area contributed by atoms with E-state index < -0.39 is 17.8 Å². The minimum Gasteiger partial charge on any atom is -0.355 e. The van der Waals surface area contributed by atoms with Crippen molar-refractivity contribution in [2.45, 2.75) is 70.9 Å². The summed E-state index contributed by atoms with van der Waals surface area (Å²) in [5, 5.41) is 5.76. The van der Waals surface area contributed by atoms with Crippen LogP contribution in [0, 0.1) is 0 Å². The molecule has 0 aliphatic carbocycles. The van der Waals surface area contributed by atoms with Crippen LogP contribution < -0.4 is 10.6 Å². The summed E-state index contributed by atoms with van der Waals surface area (Å²) < 4.78 is 0. The van der Waals surface area contributed by atoms with Gasteiger partial charge in [-0.1, -0.05) is 6.42 Å². The molecule has 29 heavy (non-hydrogen) atoms. The Morgan fingerprint density at radius 1 is 0.931 bits per heavy atom. The number of hydrogen-bond acceptors (Lipinski definition) is 7. The van der Waals surface area contributed by atoms with E-state index in [0.717, 1.165) is 12.8 Å². The summed E-state index contributed by atoms with van der Waals surface area (Å²) in [5.41, 5.74) is 0. The second-order valence-electron chi connectivity index (χ2n) is 7.55. The zero-order valence-corrected chi connectivity index (χ0v) is 17.1. The number of nitrogens with one attached hydrogen (secondary N) is 2. The van der Waals surface area contributed by atoms with Gasteiger partial charge in [-0.3, -0.25) is 24.1 Å². The average Bonchev–Trinajstić information content (AvgIpc) is 2.97. The predicted octanol–water partition coefficient (Wildman–Crippen LogP) is -0.131. The van der Waals surface area contributed by atoms with Crippen molar-refractivity contribution >= 4 is 29.6 Å². The number of hydroxylamine groups is 2. The summed E-state index contributed by atoms with van der Waals surface area (Å²) in [6, 6.07) is 0.748. The number of carbonyl (C=O) groups is 5. The second kappa shape index (κ2) is 10.9. The van der Waals surface area contributed by atoms with Gasteiger partial charge in [-0.25, -0.2) is 4.79 Å². The van der Waals surface area contributed by atoms with Gasteiger partial charge in [-0.05, 0) is 26.7 Å². The first-order valence-corrected chi connectivity index (χ1v) is 10.1. The molecule has 0 saturated carbocycles. The van der Waals surface area contributed by atoms with Crippen LogP contribution in [-0.4, -0.2) is 71.3 Å². The molecule has 2 aliphatic heterocycles. The topological polar surface area (TPSA) is 125 Å². The van der Waals surface area contributed by atoms with Gasteiger partial charge in [0.1, 0.15) is 0 Å². The fourth-order valence-corrected chi connectivity index (χ4v) is 3.52. The highest BCUT2D eigenvalue weighted by atomic mass is 16.8. The number of piperidine rings is 1. The van der Waals surface area contributed by atoms with Gasteiger partial charge in [-0.15, -0.1) is 5.06 Å². The van der Waals surface area contributed by atoms with Crippen LogP contribution in [0.3, 0.4) is 0 Å². The molecule has 0 aromatic carbocycles. The highest BCUT2D eigenvalue weighted by Gasteiger charge is 2.32. The highest BCUT2D eigenvalue weighted by Crippen LogP contribution is 2.21. The van der Waals surface area contributed by atoms with Crippen LogP contribution in [0.15, 0.2) is 0 Å². The molecule has 2 fully saturated rings. The summed E-state index contributed by atoms with van der Waals surface area (Å²) in [4.78, 5) is 65.1. The lowest BCUT2D eigenvalue weighted by Gasteiger charge is -2.38. The normalized spacial score (nSPS) is 22.5. The molecule has 2 N–H and O–H groups in total. The summed E-state index contributed by atoms with van der Waals surface area (Å²) in [6.45, 7) is 4.80. The molecule has 162 valence electrons. The number of likely N-dealkylation sites (tertiary alicyclic amines) is 1. The van der Waals surface area contributed by atoms with Crippen LogP contribution in [0.2, 0.25) is 0 Å². The fourth-order valence-electron chi connectivity index (χ4n) is 3.52. The highest BCUT2D eigenvalue weighted by molar-refractivity contribution is 6.01. The Morgan fingerprint density at radius 3 is 2.10 bits per heavy atom. The van der Waals surface area contributed by atoms with Crippen LogP contribution in [0.25, 0.3) is 0 Å². The Balaban J connectivity index is 1.56. The van der Waals surface area contributed by atoms with Crippen molar-refractivity contribution in [2.24, 2.45) is 0 Å². The molecule has 2 atom stereocenters. The molecule has 10 nitrogen and oxygen atoms in total. The lowest BCUT2D eigenvalue weighted by molar-refractivity contribution is -0.197. The number of carbonyl (C=O) groups excluding carboxylic acids is 5. The van der Waals surface area contributed by atoms with Crippen LogP contribution in [0.1, 0.15) is 58.8 Å². The second-order valence-corrected chi connectivity index (χ2v) is 7.55. The Labute approximate surface area is 170 Å². The van der Waals surface area contributed by atoms with Crippen molar-refractivity contribution < 1.29 is 28.8 Å². The Kier molecular flexibility index (Phi) is 8.56. The van der Waals surface area contributed by atoms with Crippen LogP contribution in [0.5, 0.6) is 0 Å². The van der Waals surface area contributed by atoms with Crippen LogP contribution in [-0.2, 0) is 28.8 Å². The number of imide groups is 1. The van der Waals surface area contributed by atoms with Crippen molar-refractivity contribution in [2.75, 3.05) is 19.6 Å². The van der Waals surface area contributed by atoms with Gasteiger partial charge >= 0.3 is 5.97 Å². The van der Waals surface area contributed by atoms with Gasteiger partial charge in [0, 0.05) is 44.4 Å². The van der Waals surface area contributed by atoms with Crippen molar-refractivity contribution in [3.8, 4) is 0 Å². The van der Waals surface area contributed by atoms with E-state index in [0.29, 0.717) is 23.7 Å². The zero-order valence-electron chi connectivity index (χ0n) is 17.1. The summed E-state index contributed by atoms with van der Waals surface area (Å²) in [5.74, 6) is -2.28. The van der Waals surface area contributed by atoms with Crippen molar-refractivity contribution in [3.05, 3.63) is 0 Å². The zero-order chi connectivity index (χ0) is 21.4. The number of hydrogen-bond donors (Lipinski definition) is 2. The van der Waals surface area contributed by atoms with Gasteiger partial charge in [-0.2, -0.15) is 0 Å². The molecule has 0 bridgehead atoms. The number of rotatable bonds is 9. The summed E-state index contributed by atoms with van der Waals surface area (Å²) in [7, 11) is 0. The Bertz CT molecular complexity index is 627. The molecule has 0 aromatic rings. The molecule has 2 aliphatic rings. The monoisotopic (exact) mass is 417 g/mol. The predicted molar refractivity (Wildman–Crippen MR) is 102 cm³/mol. The lowest BCUT2D eigenvalue weighted by atomic mass is 10.3. The van der Waals surface area contributed by atoms with Gasteiger partial charge in [0.2, 0.25) is 11.8 Å². The van der Waals surface area contributed by atoms with Gasteiger partial charge < -0.3 is 15.5 Å². The van der Waals surface area contributed by atoms with Crippen LogP contribution in [0.4, 0.5) is 0 Å². The molecule has 0 spiro atoms. The van der Waals surface area contributed by atoms with Gasteiger partial charge in [0.25, 0.3) is 11.8 Å². The molecule has 4 amide bonds. The maximum Gasteiger partial charge on any atom is 0.334 e. The standard InChI is InChI=1S/C19H30N4O6/c1-13-4-3-5-14(2)22(13)12-16(25)21-10-8-15(24)20-11-9-19(28)29-23-17(26)6-7-18(23)27/h13-14H,3-12H2,1-2H3,(H,20,24)(H,21,25)/i1+1,2+1,13+1,14+1,19+1,20+1,22+1. The van der Waals surface area contributed by atoms with E-state index >= 15 is 0 Å². The molecule has 2 heterocycles. The number of nitrogens with zero attached hydrogens (tertiary/aromatic N) is 2. The molecular weight excluding hydrogens is 387 g/mol. The van der Waals surface area contributed by atoms with Crippen LogP contribution >= 0.6 is 0 Å². The maximum absolute atomic E-state index is 12.1. The SMILES string of the molecule is [13CH3][13CH]1CCC[13CH]([13CH3])[15N]1CC(=O)NCCC(=O)[15NH]CC[13C](=O)ON1C(=O)CCC1=O. The van der Waals surface area contributed by atoms with E-state index in [2.05, 4.69) is 29.4 Å². The fraction of sp³-hybridized carbons (Fsp3) is 0.737. The minimum atomic E-state index is -0.771. The average molecular weight is 417 g/mol. The van der Waals surface area contributed by atoms with Crippen molar-refractivity contribution in [3.63, 3.8) is 0 Å². The first-order valence-electron chi connectivity index (χ1n) is 10.1. The Hall–Kier alpha value is -2.49. The van der Waals surface area contributed by atoms with E-state index in [4.69, 9.17) is 4.84 Å².